The number of hydrogen-bond donors (Lipinski definition) is 2. The number of nitrogens with two attached hydrogens (primary N) is 1. The molecule has 0 radical (unpaired) electrons. The van der Waals surface area contributed by atoms with Crippen molar-refractivity contribution in [1.29, 1.82) is 0 Å². The molecule has 0 aliphatic rings. The molecule has 0 unspecified atom stereocenters. The van der Waals surface area contributed by atoms with Gasteiger partial charge in [-0.1, -0.05) is 23.2 Å². The maximum atomic E-state index is 12.4. The first-order valence-electron chi connectivity index (χ1n) is 9.12. The summed E-state index contributed by atoms with van der Waals surface area (Å²) in [5.41, 5.74) is 0.252. The van der Waals surface area contributed by atoms with Crippen LogP contribution in [-0.2, 0) is 41.2 Å². The van der Waals surface area contributed by atoms with Gasteiger partial charge < -0.3 is 5.84 Å². The van der Waals surface area contributed by atoms with Crippen molar-refractivity contribution >= 4 is 58.6 Å². The molecule has 0 amide bonds. The van der Waals surface area contributed by atoms with E-state index in [0.717, 1.165) is 4.68 Å². The van der Waals surface area contributed by atoms with E-state index in [1.165, 1.54) is 48.5 Å². The van der Waals surface area contributed by atoms with Crippen molar-refractivity contribution < 1.29 is 25.3 Å². The molecule has 3 rings (SSSR count). The predicted molar refractivity (Wildman–Crippen MR) is 128 cm³/mol. The fourth-order valence-corrected chi connectivity index (χ4v) is 6.49. The van der Waals surface area contributed by atoms with Gasteiger partial charge in [0.1, 0.15) is 11.5 Å². The van der Waals surface area contributed by atoms with E-state index in [0.29, 0.717) is 20.9 Å². The number of anilines is 1. The maximum absolute atomic E-state index is 12.4. The summed E-state index contributed by atoms with van der Waals surface area (Å²) in [6.45, 7) is 0. The van der Waals surface area contributed by atoms with Gasteiger partial charge in [0.2, 0.25) is 19.9 Å². The highest BCUT2D eigenvalue weighted by Crippen LogP contribution is 2.18. The number of sulfonamides is 1. The van der Waals surface area contributed by atoms with E-state index < -0.39 is 41.2 Å². The molecule has 1 aromatic heterocycles. The van der Waals surface area contributed by atoms with Crippen molar-refractivity contribution in [3.63, 3.8) is 0 Å². The van der Waals surface area contributed by atoms with Crippen molar-refractivity contribution in [2.24, 2.45) is 0 Å². The summed E-state index contributed by atoms with van der Waals surface area (Å²) in [6.07, 6.45) is 0. The lowest BCUT2D eigenvalue weighted by atomic mass is 10.3. The Balaban J connectivity index is 1.72. The molecule has 182 valence electrons. The van der Waals surface area contributed by atoms with Crippen molar-refractivity contribution in [1.82, 2.24) is 14.9 Å². The lowest BCUT2D eigenvalue weighted by Crippen LogP contribution is -2.23. The zero-order chi connectivity index (χ0) is 25.1. The van der Waals surface area contributed by atoms with Crippen molar-refractivity contribution in [3.8, 4) is 0 Å². The van der Waals surface area contributed by atoms with Crippen LogP contribution in [0.3, 0.4) is 0 Å². The monoisotopic (exact) mass is 565 g/mol. The molecular weight excluding hydrogens is 549 g/mol. The number of nitrogens with one attached hydrogen (secondary N) is 1. The van der Waals surface area contributed by atoms with E-state index >= 15 is 0 Å². The van der Waals surface area contributed by atoms with Crippen LogP contribution in [0.5, 0.6) is 0 Å². The summed E-state index contributed by atoms with van der Waals surface area (Å²) in [7, 11) is -12.2. The lowest BCUT2D eigenvalue weighted by Gasteiger charge is -2.08. The molecule has 1 heterocycles. The van der Waals surface area contributed by atoms with Crippen LogP contribution in [-0.4, -0.2) is 40.1 Å². The molecule has 16 heteroatoms. The van der Waals surface area contributed by atoms with Gasteiger partial charge in [0.05, 0.1) is 4.90 Å². The normalized spacial score (nSPS) is 12.8. The maximum Gasteiger partial charge on any atom is 0.240 e. The zero-order valence-corrected chi connectivity index (χ0v) is 21.0. The molecule has 0 aliphatic heterocycles. The van der Waals surface area contributed by atoms with Crippen molar-refractivity contribution in [2.75, 3.05) is 10.6 Å². The molecule has 0 saturated heterocycles. The van der Waals surface area contributed by atoms with Crippen molar-refractivity contribution in [2.45, 2.75) is 16.4 Å². The fourth-order valence-electron chi connectivity index (χ4n) is 2.55. The standard InChI is InChI=1S/C18H17Cl2N5O6S3/c19-13-1-5-15(6-2-13)24-34(30,31)12-18-23-22-17(25(18)21)11-32(26,27)9-10-33(28,29)16-7-3-14(20)4-8-16/h1-10,24H,11-12,21H2/b10-9+. The average Bonchev–Trinajstić information content (AvgIpc) is 3.07. The number of hydrogen-bond acceptors (Lipinski definition) is 9. The predicted octanol–water partition coefficient (Wildman–Crippen LogP) is 2.10. The van der Waals surface area contributed by atoms with Crippen LogP contribution in [0.25, 0.3) is 0 Å². The van der Waals surface area contributed by atoms with Crippen LogP contribution in [0.1, 0.15) is 11.6 Å². The first-order chi connectivity index (χ1) is 15.8. The Morgan fingerprint density at radius 2 is 1.29 bits per heavy atom. The summed E-state index contributed by atoms with van der Waals surface area (Å²) in [6, 6.07) is 11.1. The molecule has 0 saturated carbocycles. The smallest absolute Gasteiger partial charge is 0.240 e. The molecule has 0 aliphatic carbocycles. The Hall–Kier alpha value is -2.65. The molecule has 2 aromatic carbocycles. The molecule has 3 aromatic rings. The number of aromatic nitrogens is 3. The van der Waals surface area contributed by atoms with Crippen molar-refractivity contribution in [3.05, 3.63) is 81.0 Å². The SMILES string of the molecule is Nn1c(CS(=O)(=O)/C=C/S(=O)(=O)c2ccc(Cl)cc2)nnc1CS(=O)(=O)Nc1ccc(Cl)cc1. The largest absolute Gasteiger partial charge is 0.336 e. The van der Waals surface area contributed by atoms with Gasteiger partial charge in [0.25, 0.3) is 0 Å². The Morgan fingerprint density at radius 1 is 0.794 bits per heavy atom. The highest BCUT2D eigenvalue weighted by atomic mass is 35.5. The number of nitrogen functional groups attached to an aromatic ring is 1. The third-order valence-electron chi connectivity index (χ3n) is 4.19. The van der Waals surface area contributed by atoms with Gasteiger partial charge in [-0.05, 0) is 48.5 Å². The minimum Gasteiger partial charge on any atom is -0.336 e. The van der Waals surface area contributed by atoms with Gasteiger partial charge in [-0.25, -0.2) is 29.9 Å². The van der Waals surface area contributed by atoms with E-state index in [9.17, 15) is 25.3 Å². The number of halogens is 2. The third kappa shape index (κ3) is 6.93. The van der Waals surface area contributed by atoms with Gasteiger partial charge in [-0.3, -0.25) is 4.72 Å². The molecule has 11 nitrogen and oxygen atoms in total. The summed E-state index contributed by atoms with van der Waals surface area (Å²) in [5, 5.41) is 9.03. The van der Waals surface area contributed by atoms with E-state index in [4.69, 9.17) is 29.0 Å². The minimum atomic E-state index is -4.16. The van der Waals surface area contributed by atoms with E-state index in [1.807, 2.05) is 0 Å². The molecule has 0 bridgehead atoms. The van der Waals surface area contributed by atoms with Crippen LogP contribution in [0.15, 0.2) is 64.2 Å². The average molecular weight is 566 g/mol. The van der Waals surface area contributed by atoms with Crippen LogP contribution in [0, 0.1) is 0 Å². The van der Waals surface area contributed by atoms with Crippen LogP contribution < -0.4 is 10.6 Å². The molecule has 0 spiro atoms. The fraction of sp³-hybridized carbons (Fsp3) is 0.111. The Kier molecular flexibility index (Phi) is 7.57. The molecule has 0 fully saturated rings. The van der Waals surface area contributed by atoms with Gasteiger partial charge in [-0.15, -0.1) is 10.2 Å². The minimum absolute atomic E-state index is 0.147. The Labute approximate surface area is 206 Å². The molecular formula is C18H17Cl2N5O6S3. The molecule has 34 heavy (non-hydrogen) atoms. The molecule has 0 atom stereocenters. The van der Waals surface area contributed by atoms with E-state index in [2.05, 4.69) is 14.9 Å². The summed E-state index contributed by atoms with van der Waals surface area (Å²) in [4.78, 5) is -0.147. The van der Waals surface area contributed by atoms with Gasteiger partial charge in [0, 0.05) is 26.5 Å². The number of rotatable bonds is 9. The summed E-state index contributed by atoms with van der Waals surface area (Å²) in [5.74, 6) is 3.76. The second kappa shape index (κ2) is 9.92. The second-order valence-corrected chi connectivity index (χ2v) is 13.2. The Morgan fingerprint density at radius 3 is 1.85 bits per heavy atom. The summed E-state index contributed by atoms with van der Waals surface area (Å²) < 4.78 is 77.2. The summed E-state index contributed by atoms with van der Waals surface area (Å²) >= 11 is 11.5. The lowest BCUT2D eigenvalue weighted by molar-refractivity contribution is 0.597. The van der Waals surface area contributed by atoms with Gasteiger partial charge in [0.15, 0.2) is 21.5 Å². The van der Waals surface area contributed by atoms with E-state index in [1.54, 1.807) is 0 Å². The van der Waals surface area contributed by atoms with E-state index in [-0.39, 0.29) is 22.2 Å². The first-order valence-corrected chi connectivity index (χ1v) is 14.8. The highest BCUT2D eigenvalue weighted by molar-refractivity contribution is 7.97. The van der Waals surface area contributed by atoms with Gasteiger partial charge >= 0.3 is 0 Å². The topological polar surface area (TPSA) is 171 Å². The zero-order valence-electron chi connectivity index (χ0n) is 17.0. The van der Waals surface area contributed by atoms with Crippen LogP contribution in [0.2, 0.25) is 10.0 Å². The Bertz CT molecular complexity index is 1530. The first kappa shape index (κ1) is 26.0. The van der Waals surface area contributed by atoms with Crippen LogP contribution in [0.4, 0.5) is 5.69 Å². The molecule has 3 N–H and O–H groups in total. The van der Waals surface area contributed by atoms with Gasteiger partial charge in [-0.2, -0.15) is 0 Å². The van der Waals surface area contributed by atoms with Crippen LogP contribution >= 0.6 is 23.2 Å². The quantitative estimate of drug-likeness (QED) is 0.368. The second-order valence-electron chi connectivity index (χ2n) is 6.85. The number of nitrogens with zero attached hydrogens (tertiary/aromatic N) is 3. The number of sulfone groups is 2. The highest BCUT2D eigenvalue weighted by Gasteiger charge is 2.22. The third-order valence-corrected chi connectivity index (χ3v) is 8.68. The number of benzene rings is 2.